The van der Waals surface area contributed by atoms with Gasteiger partial charge in [0.1, 0.15) is 0 Å². The molecule has 0 aromatic rings. The lowest BCUT2D eigenvalue weighted by atomic mass is 9.75. The monoisotopic (exact) mass is 141 g/mol. The van der Waals surface area contributed by atoms with Crippen LogP contribution in [0.3, 0.4) is 0 Å². The van der Waals surface area contributed by atoms with Crippen molar-refractivity contribution in [3.8, 4) is 0 Å². The lowest BCUT2D eigenvalue weighted by Crippen LogP contribution is -2.50. The molecule has 0 aromatic heterocycles. The molecular formula is C7H11NO2. The molecule has 2 bridgehead atoms. The van der Waals surface area contributed by atoms with Crippen molar-refractivity contribution < 1.29 is 9.90 Å². The Morgan fingerprint density at radius 2 is 2.20 bits per heavy atom. The minimum Gasteiger partial charge on any atom is -0.481 e. The number of aliphatic carboxylic acids is 1. The number of fused-ring (bicyclic) bond motifs is 1. The first-order valence-corrected chi connectivity index (χ1v) is 3.63. The van der Waals surface area contributed by atoms with Gasteiger partial charge >= 0.3 is 5.97 Å². The van der Waals surface area contributed by atoms with Crippen LogP contribution in [0.25, 0.3) is 0 Å². The van der Waals surface area contributed by atoms with Crippen LogP contribution in [0.1, 0.15) is 19.3 Å². The fourth-order valence-corrected chi connectivity index (χ4v) is 2.38. The molecule has 3 heteroatoms. The van der Waals surface area contributed by atoms with E-state index in [0.29, 0.717) is 5.92 Å². The molecule has 3 fully saturated rings. The van der Waals surface area contributed by atoms with Crippen LogP contribution in [-0.4, -0.2) is 16.6 Å². The summed E-state index contributed by atoms with van der Waals surface area (Å²) in [5.74, 6) is -0.342. The second-order valence-corrected chi connectivity index (χ2v) is 3.63. The molecule has 3 N–H and O–H groups in total. The topological polar surface area (TPSA) is 63.3 Å². The highest BCUT2D eigenvalue weighted by atomic mass is 16.4. The Morgan fingerprint density at radius 3 is 2.40 bits per heavy atom. The lowest BCUT2D eigenvalue weighted by molar-refractivity contribution is -0.143. The fraction of sp³-hybridized carbons (Fsp3) is 0.857. The minimum absolute atomic E-state index is 0.252. The maximum Gasteiger partial charge on any atom is 0.308 e. The third-order valence-electron chi connectivity index (χ3n) is 2.90. The number of carboxylic acid groups (broad SMARTS) is 1. The van der Waals surface area contributed by atoms with Crippen LogP contribution in [0.15, 0.2) is 0 Å². The van der Waals surface area contributed by atoms with Gasteiger partial charge in [0.05, 0.1) is 5.92 Å². The Bertz CT molecular complexity index is 184. The van der Waals surface area contributed by atoms with E-state index in [0.717, 1.165) is 19.3 Å². The van der Waals surface area contributed by atoms with Crippen LogP contribution in [0, 0.1) is 11.8 Å². The number of carbonyl (C=O) groups is 1. The highest BCUT2D eigenvalue weighted by Gasteiger charge is 2.57. The first-order chi connectivity index (χ1) is 4.62. The highest BCUT2D eigenvalue weighted by Crippen LogP contribution is 2.53. The van der Waals surface area contributed by atoms with Gasteiger partial charge in [-0.25, -0.2) is 0 Å². The second kappa shape index (κ2) is 1.53. The molecule has 0 heterocycles. The zero-order valence-electron chi connectivity index (χ0n) is 5.71. The number of hydrogen-bond donors (Lipinski definition) is 2. The van der Waals surface area contributed by atoms with E-state index >= 15 is 0 Å². The maximum absolute atomic E-state index is 10.6. The average Bonchev–Trinajstić information content (AvgIpc) is 2.17. The molecule has 3 rings (SSSR count). The standard InChI is InChI=1S/C7H11NO2/c8-7-2-4(3-7)1-5(7)6(9)10/h4-5H,1-3,8H2,(H,9,10). The summed E-state index contributed by atoms with van der Waals surface area (Å²) in [4.78, 5) is 10.6. The molecule has 0 aliphatic heterocycles. The van der Waals surface area contributed by atoms with Crippen molar-refractivity contribution in [2.75, 3.05) is 0 Å². The van der Waals surface area contributed by atoms with Crippen LogP contribution in [0.5, 0.6) is 0 Å². The van der Waals surface area contributed by atoms with Crippen molar-refractivity contribution in [3.63, 3.8) is 0 Å². The SMILES string of the molecule is NC12CC(CC1C(=O)O)C2. The van der Waals surface area contributed by atoms with Crippen LogP contribution in [-0.2, 0) is 4.79 Å². The Labute approximate surface area is 59.2 Å². The van der Waals surface area contributed by atoms with E-state index in [1.165, 1.54) is 0 Å². The van der Waals surface area contributed by atoms with E-state index in [9.17, 15) is 4.79 Å². The summed E-state index contributed by atoms with van der Waals surface area (Å²) >= 11 is 0. The van der Waals surface area contributed by atoms with Crippen molar-refractivity contribution >= 4 is 5.97 Å². The summed E-state index contributed by atoms with van der Waals surface area (Å²) in [7, 11) is 0. The number of hydrogen-bond acceptors (Lipinski definition) is 2. The zero-order valence-corrected chi connectivity index (χ0v) is 5.71. The molecule has 3 aliphatic carbocycles. The zero-order chi connectivity index (χ0) is 7.35. The van der Waals surface area contributed by atoms with Gasteiger partial charge in [-0.15, -0.1) is 0 Å². The van der Waals surface area contributed by atoms with Crippen LogP contribution < -0.4 is 5.73 Å². The molecule has 1 atom stereocenters. The van der Waals surface area contributed by atoms with Crippen molar-refractivity contribution in [2.24, 2.45) is 17.6 Å². The summed E-state index contributed by atoms with van der Waals surface area (Å²) in [6.07, 6.45) is 2.68. The first-order valence-electron chi connectivity index (χ1n) is 3.63. The predicted octanol–water partition coefficient (Wildman–Crippen LogP) is 0.198. The smallest absolute Gasteiger partial charge is 0.308 e. The van der Waals surface area contributed by atoms with Gasteiger partial charge in [-0.2, -0.15) is 0 Å². The van der Waals surface area contributed by atoms with Crippen molar-refractivity contribution in [1.29, 1.82) is 0 Å². The normalized spacial score (nSPS) is 50.5. The van der Waals surface area contributed by atoms with Gasteiger partial charge in [-0.1, -0.05) is 0 Å². The second-order valence-electron chi connectivity index (χ2n) is 3.63. The Balaban J connectivity index is 2.19. The van der Waals surface area contributed by atoms with E-state index in [4.69, 9.17) is 10.8 Å². The first kappa shape index (κ1) is 6.16. The summed E-state index contributed by atoms with van der Waals surface area (Å²) in [6, 6.07) is 0. The van der Waals surface area contributed by atoms with Gasteiger partial charge in [0.25, 0.3) is 0 Å². The Hall–Kier alpha value is -0.570. The predicted molar refractivity (Wildman–Crippen MR) is 35.4 cm³/mol. The Morgan fingerprint density at radius 1 is 1.60 bits per heavy atom. The molecule has 1 unspecified atom stereocenters. The number of nitrogens with two attached hydrogens (primary N) is 1. The van der Waals surface area contributed by atoms with Gasteiger partial charge < -0.3 is 10.8 Å². The van der Waals surface area contributed by atoms with Crippen molar-refractivity contribution in [2.45, 2.75) is 24.8 Å². The molecule has 3 saturated carbocycles. The largest absolute Gasteiger partial charge is 0.481 e. The van der Waals surface area contributed by atoms with E-state index < -0.39 is 5.97 Å². The van der Waals surface area contributed by atoms with Crippen LogP contribution >= 0.6 is 0 Å². The lowest BCUT2D eigenvalue weighted by Gasteiger charge is -2.36. The molecule has 0 saturated heterocycles. The van der Waals surface area contributed by atoms with Crippen LogP contribution in [0.2, 0.25) is 0 Å². The third kappa shape index (κ3) is 0.560. The molecule has 0 aromatic carbocycles. The summed E-state index contributed by atoms with van der Waals surface area (Å²) in [5, 5.41) is 8.70. The molecule has 3 nitrogen and oxygen atoms in total. The van der Waals surface area contributed by atoms with E-state index in [1.54, 1.807) is 0 Å². The minimum atomic E-state index is -0.706. The van der Waals surface area contributed by atoms with Gasteiger partial charge in [0.2, 0.25) is 0 Å². The van der Waals surface area contributed by atoms with E-state index in [2.05, 4.69) is 0 Å². The average molecular weight is 141 g/mol. The molecule has 10 heavy (non-hydrogen) atoms. The molecule has 0 amide bonds. The van der Waals surface area contributed by atoms with Crippen molar-refractivity contribution in [3.05, 3.63) is 0 Å². The number of rotatable bonds is 1. The van der Waals surface area contributed by atoms with E-state index in [1.807, 2.05) is 0 Å². The highest BCUT2D eigenvalue weighted by molar-refractivity contribution is 5.73. The maximum atomic E-state index is 10.6. The Kier molecular flexibility index (Phi) is 0.944. The van der Waals surface area contributed by atoms with Gasteiger partial charge in [0.15, 0.2) is 0 Å². The van der Waals surface area contributed by atoms with Gasteiger partial charge in [0, 0.05) is 5.54 Å². The van der Waals surface area contributed by atoms with Gasteiger partial charge in [-0.3, -0.25) is 4.79 Å². The van der Waals surface area contributed by atoms with E-state index in [-0.39, 0.29) is 11.5 Å². The molecule has 0 spiro atoms. The summed E-state index contributed by atoms with van der Waals surface area (Å²) in [6.45, 7) is 0. The molecule has 56 valence electrons. The third-order valence-corrected chi connectivity index (χ3v) is 2.90. The molecule has 3 aliphatic rings. The summed E-state index contributed by atoms with van der Waals surface area (Å²) in [5.41, 5.74) is 5.49. The summed E-state index contributed by atoms with van der Waals surface area (Å²) < 4.78 is 0. The molecule has 0 radical (unpaired) electrons. The quantitative estimate of drug-likeness (QED) is 0.548. The molecular weight excluding hydrogens is 130 g/mol. The van der Waals surface area contributed by atoms with Gasteiger partial charge in [-0.05, 0) is 25.2 Å². The fourth-order valence-electron chi connectivity index (χ4n) is 2.38. The number of carboxylic acids is 1. The van der Waals surface area contributed by atoms with Crippen LogP contribution in [0.4, 0.5) is 0 Å². The van der Waals surface area contributed by atoms with Crippen molar-refractivity contribution in [1.82, 2.24) is 0 Å².